The maximum absolute atomic E-state index is 5.86. The van der Waals surface area contributed by atoms with E-state index in [1.54, 1.807) is 18.0 Å². The molecule has 0 aliphatic heterocycles. The first kappa shape index (κ1) is 18.8. The smallest absolute Gasteiger partial charge is 0.210 e. The summed E-state index contributed by atoms with van der Waals surface area (Å²) in [5.74, 6) is 0.719. The van der Waals surface area contributed by atoms with Gasteiger partial charge in [0.05, 0.1) is 16.1 Å². The lowest BCUT2D eigenvalue weighted by Crippen LogP contribution is -2.12. The molecule has 0 saturated heterocycles. The van der Waals surface area contributed by atoms with Crippen LogP contribution in [-0.2, 0) is 17.2 Å². The second kappa shape index (κ2) is 6.62. The average Bonchev–Trinajstić information content (AvgIpc) is 3.15. The van der Waals surface area contributed by atoms with E-state index in [1.807, 2.05) is 11.7 Å². The Morgan fingerprint density at radius 2 is 1.69 bits per heavy atom. The van der Waals surface area contributed by atoms with Gasteiger partial charge in [0, 0.05) is 17.4 Å². The molecule has 0 unspecified atom stereocenters. The quantitative estimate of drug-likeness (QED) is 0.553. The zero-order valence-electron chi connectivity index (χ0n) is 16.6. The van der Waals surface area contributed by atoms with Gasteiger partial charge < -0.3 is 4.42 Å². The first-order valence-electron chi connectivity index (χ1n) is 8.83. The van der Waals surface area contributed by atoms with Crippen molar-refractivity contribution in [2.24, 2.45) is 7.05 Å². The summed E-state index contributed by atoms with van der Waals surface area (Å²) in [7, 11) is 1.95. The van der Waals surface area contributed by atoms with Crippen LogP contribution in [0.25, 0.3) is 11.4 Å². The fraction of sp³-hybridized carbons (Fsp3) is 0.429. The molecule has 1 aromatic carbocycles. The molecule has 26 heavy (non-hydrogen) atoms. The molecule has 3 rings (SSSR count). The molecular weight excluding hydrogens is 342 g/mol. The molecule has 4 nitrogen and oxygen atoms in total. The molecule has 0 atom stereocenters. The second-order valence-electron chi connectivity index (χ2n) is 8.25. The summed E-state index contributed by atoms with van der Waals surface area (Å²) in [5.41, 5.74) is 4.11. The van der Waals surface area contributed by atoms with Crippen molar-refractivity contribution in [1.29, 1.82) is 0 Å². The second-order valence-corrected chi connectivity index (χ2v) is 9.95. The highest BCUT2D eigenvalue weighted by Crippen LogP contribution is 2.41. The van der Waals surface area contributed by atoms with E-state index < -0.39 is 0 Å². The van der Waals surface area contributed by atoms with Crippen LogP contribution in [0.5, 0.6) is 0 Å². The van der Waals surface area contributed by atoms with Gasteiger partial charge in [-0.15, -0.1) is 11.8 Å². The van der Waals surface area contributed by atoms with Crippen molar-refractivity contribution in [1.82, 2.24) is 14.8 Å². The normalized spacial score (nSPS) is 12.6. The fourth-order valence-corrected chi connectivity index (χ4v) is 3.73. The molecule has 0 aliphatic rings. The van der Waals surface area contributed by atoms with Gasteiger partial charge in [-0.1, -0.05) is 38.5 Å². The van der Waals surface area contributed by atoms with E-state index in [1.165, 1.54) is 10.5 Å². The molecule has 0 N–H and O–H groups in total. The highest BCUT2D eigenvalue weighted by molar-refractivity contribution is 8.00. The molecule has 138 valence electrons. The minimum absolute atomic E-state index is 0.00311. The Morgan fingerprint density at radius 3 is 2.27 bits per heavy atom. The van der Waals surface area contributed by atoms with Crippen LogP contribution >= 0.6 is 11.8 Å². The highest BCUT2D eigenvalue weighted by Gasteiger charge is 2.29. The Hall–Kier alpha value is -2.01. The molecule has 2 aromatic heterocycles. The van der Waals surface area contributed by atoms with Gasteiger partial charge in [-0.3, -0.25) is 4.68 Å². The molecular formula is C21H27N3OS. The van der Waals surface area contributed by atoms with Crippen LogP contribution in [-0.4, -0.2) is 14.8 Å². The van der Waals surface area contributed by atoms with E-state index in [0.29, 0.717) is 0 Å². The Kier molecular flexibility index (Phi) is 4.78. The van der Waals surface area contributed by atoms with Crippen LogP contribution < -0.4 is 0 Å². The van der Waals surface area contributed by atoms with Crippen LogP contribution in [0.3, 0.4) is 0 Å². The molecule has 0 saturated carbocycles. The molecule has 0 radical (unpaired) electrons. The number of nitrogens with zero attached hydrogens (tertiary/aromatic N) is 3. The third-order valence-corrected chi connectivity index (χ3v) is 5.52. The van der Waals surface area contributed by atoms with Gasteiger partial charge in [0.25, 0.3) is 0 Å². The topological polar surface area (TPSA) is 43.9 Å². The van der Waals surface area contributed by atoms with Crippen LogP contribution in [0.4, 0.5) is 0 Å². The van der Waals surface area contributed by atoms with Gasteiger partial charge in [-0.2, -0.15) is 5.10 Å². The van der Waals surface area contributed by atoms with Crippen LogP contribution in [0.1, 0.15) is 51.8 Å². The largest absolute Gasteiger partial charge is 0.447 e. The number of oxazole rings is 1. The van der Waals surface area contributed by atoms with Crippen molar-refractivity contribution < 1.29 is 4.42 Å². The summed E-state index contributed by atoms with van der Waals surface area (Å²) < 4.78 is 7.47. The van der Waals surface area contributed by atoms with Crippen molar-refractivity contribution in [3.63, 3.8) is 0 Å². The zero-order chi connectivity index (χ0) is 19.1. The summed E-state index contributed by atoms with van der Waals surface area (Å²) >= 11 is 1.75. The van der Waals surface area contributed by atoms with Crippen LogP contribution in [0.15, 0.2) is 45.9 Å². The third kappa shape index (κ3) is 3.88. The fourth-order valence-electron chi connectivity index (χ4n) is 2.69. The first-order valence-corrected chi connectivity index (χ1v) is 9.64. The lowest BCUT2D eigenvalue weighted by molar-refractivity contribution is 0.452. The van der Waals surface area contributed by atoms with Crippen molar-refractivity contribution in [2.45, 2.75) is 56.6 Å². The van der Waals surface area contributed by atoms with Gasteiger partial charge >= 0.3 is 0 Å². The van der Waals surface area contributed by atoms with Gasteiger partial charge in [-0.05, 0) is 39.0 Å². The molecule has 0 fully saturated rings. The maximum atomic E-state index is 5.86. The molecule has 0 spiro atoms. The molecule has 3 aromatic rings. The number of hydrogen-bond acceptors (Lipinski definition) is 4. The van der Waals surface area contributed by atoms with Crippen molar-refractivity contribution in [2.75, 3.05) is 0 Å². The first-order chi connectivity index (χ1) is 12.1. The summed E-state index contributed by atoms with van der Waals surface area (Å²) in [6.45, 7) is 12.9. The lowest BCUT2D eigenvalue weighted by Gasteiger charge is -2.20. The maximum Gasteiger partial charge on any atom is 0.210 e. The summed E-state index contributed by atoms with van der Waals surface area (Å²) in [6.07, 6.45) is 1.73. The van der Waals surface area contributed by atoms with Crippen molar-refractivity contribution in [3.05, 3.63) is 53.7 Å². The van der Waals surface area contributed by atoms with Crippen LogP contribution in [0, 0.1) is 6.92 Å². The lowest BCUT2D eigenvalue weighted by atomic mass is 9.92. The molecule has 0 amide bonds. The molecule has 0 bridgehead atoms. The minimum atomic E-state index is -0.265. The van der Waals surface area contributed by atoms with E-state index in [2.05, 4.69) is 77.0 Å². The Balaban J connectivity index is 1.87. The van der Waals surface area contributed by atoms with Crippen molar-refractivity contribution in [3.8, 4) is 11.4 Å². The van der Waals surface area contributed by atoms with Gasteiger partial charge in [0.2, 0.25) is 5.89 Å². The predicted octanol–water partition coefficient (Wildman–Crippen LogP) is 5.71. The SMILES string of the molecule is Cc1ccc(SC(C)(C)c2nc(-c3cc(C(C)(C)C)nn3C)co2)cc1. The standard InChI is InChI=1S/C21H27N3OS/c1-14-8-10-15(11-9-14)26-21(5,6)19-22-16(13-25-19)17-12-18(20(2,3)4)23-24(17)7/h8-13H,1-7H3. The van der Waals surface area contributed by atoms with E-state index in [0.717, 1.165) is 23.0 Å². The number of aryl methyl sites for hydroxylation is 2. The Morgan fingerprint density at radius 1 is 1.04 bits per heavy atom. The highest BCUT2D eigenvalue weighted by atomic mass is 32.2. The summed E-state index contributed by atoms with van der Waals surface area (Å²) in [4.78, 5) is 5.98. The van der Waals surface area contributed by atoms with Gasteiger partial charge in [-0.25, -0.2) is 4.98 Å². The zero-order valence-corrected chi connectivity index (χ0v) is 17.4. The Labute approximate surface area is 160 Å². The van der Waals surface area contributed by atoms with Gasteiger partial charge in [0.1, 0.15) is 12.0 Å². The molecule has 2 heterocycles. The summed E-state index contributed by atoms with van der Waals surface area (Å²) in [6, 6.07) is 10.6. The summed E-state index contributed by atoms with van der Waals surface area (Å²) in [5, 5.41) is 4.64. The number of benzene rings is 1. The third-order valence-electron chi connectivity index (χ3n) is 4.32. The average molecular weight is 370 g/mol. The van der Waals surface area contributed by atoms with Gasteiger partial charge in [0.15, 0.2) is 0 Å². The molecule has 0 aliphatic carbocycles. The van der Waals surface area contributed by atoms with E-state index >= 15 is 0 Å². The monoisotopic (exact) mass is 369 g/mol. The van der Waals surface area contributed by atoms with Crippen LogP contribution in [0.2, 0.25) is 0 Å². The predicted molar refractivity (Wildman–Crippen MR) is 107 cm³/mol. The number of hydrogen-bond donors (Lipinski definition) is 0. The van der Waals surface area contributed by atoms with E-state index in [4.69, 9.17) is 9.40 Å². The number of aromatic nitrogens is 3. The van der Waals surface area contributed by atoms with Crippen molar-refractivity contribution >= 4 is 11.8 Å². The van der Waals surface area contributed by atoms with E-state index in [9.17, 15) is 0 Å². The van der Waals surface area contributed by atoms with E-state index in [-0.39, 0.29) is 10.2 Å². The number of rotatable bonds is 4. The minimum Gasteiger partial charge on any atom is -0.447 e. The number of thioether (sulfide) groups is 1. The Bertz CT molecular complexity index is 898. The molecule has 5 heteroatoms.